The maximum atomic E-state index is 12.0. The lowest BCUT2D eigenvalue weighted by Crippen LogP contribution is -2.32. The highest BCUT2D eigenvalue weighted by Gasteiger charge is 2.19. The number of nitrogens with zero attached hydrogens (tertiary/aromatic N) is 1. The quantitative estimate of drug-likeness (QED) is 0.717. The number of sulfonamides is 1. The Morgan fingerprint density at radius 1 is 1.24 bits per heavy atom. The smallest absolute Gasteiger partial charge is 0.212 e. The van der Waals surface area contributed by atoms with Crippen molar-refractivity contribution in [1.82, 2.24) is 4.31 Å². The van der Waals surface area contributed by atoms with Crippen molar-refractivity contribution in [2.75, 3.05) is 18.2 Å². The van der Waals surface area contributed by atoms with Gasteiger partial charge in [-0.15, -0.1) is 11.6 Å². The highest BCUT2D eigenvalue weighted by molar-refractivity contribution is 7.89. The maximum Gasteiger partial charge on any atom is 0.214 e. The molecule has 0 bridgehead atoms. The highest BCUT2D eigenvalue weighted by atomic mass is 35.5. The third kappa shape index (κ3) is 4.66. The molecule has 1 rings (SSSR count). The number of alkyl halides is 1. The Morgan fingerprint density at radius 3 is 2.41 bits per heavy atom. The average Bonchev–Trinajstić information content (AvgIpc) is 2.34. The standard InChI is InChI=1S/C12H18ClNO2S/c1-2-14(17(15,16)10-6-9-13)11-12-7-4-3-5-8-12/h3-5,7-8H,2,6,9-11H2,1H3. The van der Waals surface area contributed by atoms with Gasteiger partial charge >= 0.3 is 0 Å². The second kappa shape index (κ2) is 6.99. The van der Waals surface area contributed by atoms with Crippen molar-refractivity contribution >= 4 is 21.6 Å². The van der Waals surface area contributed by atoms with Crippen LogP contribution in [0.1, 0.15) is 18.9 Å². The Morgan fingerprint density at radius 2 is 1.88 bits per heavy atom. The summed E-state index contributed by atoms with van der Waals surface area (Å²) in [4.78, 5) is 0. The number of hydrogen-bond donors (Lipinski definition) is 0. The van der Waals surface area contributed by atoms with Crippen LogP contribution in [0, 0.1) is 0 Å². The fourth-order valence-corrected chi connectivity index (χ4v) is 3.36. The van der Waals surface area contributed by atoms with E-state index in [4.69, 9.17) is 11.6 Å². The van der Waals surface area contributed by atoms with Crippen molar-refractivity contribution in [3.05, 3.63) is 35.9 Å². The fraction of sp³-hybridized carbons (Fsp3) is 0.500. The van der Waals surface area contributed by atoms with Gasteiger partial charge in [0, 0.05) is 19.0 Å². The molecule has 0 aliphatic heterocycles. The third-order valence-electron chi connectivity index (χ3n) is 2.48. The van der Waals surface area contributed by atoms with Gasteiger partial charge in [0.1, 0.15) is 0 Å². The van der Waals surface area contributed by atoms with Crippen LogP contribution in [0.3, 0.4) is 0 Å². The zero-order valence-corrected chi connectivity index (χ0v) is 11.5. The number of hydrogen-bond acceptors (Lipinski definition) is 2. The minimum Gasteiger partial charge on any atom is -0.212 e. The third-order valence-corrected chi connectivity index (χ3v) is 4.73. The Hall–Kier alpha value is -0.580. The van der Waals surface area contributed by atoms with Gasteiger partial charge < -0.3 is 0 Å². The SMILES string of the molecule is CCN(Cc1ccccc1)S(=O)(=O)CCCCl. The normalized spacial score (nSPS) is 11.9. The summed E-state index contributed by atoms with van der Waals surface area (Å²) in [6.45, 7) is 2.77. The van der Waals surface area contributed by atoms with Crippen molar-refractivity contribution in [2.24, 2.45) is 0 Å². The molecule has 17 heavy (non-hydrogen) atoms. The van der Waals surface area contributed by atoms with Crippen molar-refractivity contribution in [1.29, 1.82) is 0 Å². The summed E-state index contributed by atoms with van der Waals surface area (Å²) in [5.41, 5.74) is 1.00. The monoisotopic (exact) mass is 275 g/mol. The van der Waals surface area contributed by atoms with Crippen LogP contribution >= 0.6 is 11.6 Å². The molecule has 0 saturated carbocycles. The van der Waals surface area contributed by atoms with Crippen LogP contribution in [0.5, 0.6) is 0 Å². The van der Waals surface area contributed by atoms with Gasteiger partial charge in [-0.1, -0.05) is 37.3 Å². The predicted molar refractivity (Wildman–Crippen MR) is 71.6 cm³/mol. The fourth-order valence-electron chi connectivity index (χ4n) is 1.56. The van der Waals surface area contributed by atoms with Gasteiger partial charge in [-0.25, -0.2) is 8.42 Å². The topological polar surface area (TPSA) is 37.4 Å². The van der Waals surface area contributed by atoms with E-state index in [1.165, 1.54) is 4.31 Å². The van der Waals surface area contributed by atoms with Crippen LogP contribution in [0.15, 0.2) is 30.3 Å². The van der Waals surface area contributed by atoms with Crippen LogP contribution in [0.25, 0.3) is 0 Å². The second-order valence-corrected chi connectivity index (χ2v) is 6.24. The van der Waals surface area contributed by atoms with E-state index in [9.17, 15) is 8.42 Å². The summed E-state index contributed by atoms with van der Waals surface area (Å²) in [6, 6.07) is 9.60. The first-order chi connectivity index (χ1) is 8.10. The van der Waals surface area contributed by atoms with E-state index in [1.54, 1.807) is 0 Å². The zero-order valence-electron chi connectivity index (χ0n) is 9.97. The van der Waals surface area contributed by atoms with E-state index in [1.807, 2.05) is 37.3 Å². The van der Waals surface area contributed by atoms with Crippen LogP contribution in [-0.4, -0.2) is 30.9 Å². The van der Waals surface area contributed by atoms with Crippen molar-refractivity contribution in [3.8, 4) is 0 Å². The first kappa shape index (κ1) is 14.5. The average molecular weight is 276 g/mol. The zero-order chi connectivity index (χ0) is 12.7. The first-order valence-electron chi connectivity index (χ1n) is 5.68. The number of rotatable bonds is 7. The van der Waals surface area contributed by atoms with Gasteiger partial charge in [-0.3, -0.25) is 0 Å². The molecule has 0 unspecified atom stereocenters. The van der Waals surface area contributed by atoms with Gasteiger partial charge in [-0.05, 0) is 12.0 Å². The molecule has 0 N–H and O–H groups in total. The molecule has 0 amide bonds. The lowest BCUT2D eigenvalue weighted by atomic mass is 10.2. The summed E-state index contributed by atoms with van der Waals surface area (Å²) in [5.74, 6) is 0.499. The molecule has 0 fully saturated rings. The van der Waals surface area contributed by atoms with Gasteiger partial charge in [0.25, 0.3) is 0 Å². The summed E-state index contributed by atoms with van der Waals surface area (Å²) < 4.78 is 25.5. The molecular weight excluding hydrogens is 258 g/mol. The molecule has 0 aliphatic carbocycles. The molecule has 5 heteroatoms. The molecule has 96 valence electrons. The van der Waals surface area contributed by atoms with Crippen molar-refractivity contribution in [2.45, 2.75) is 19.9 Å². The van der Waals surface area contributed by atoms with Gasteiger partial charge in [0.05, 0.1) is 5.75 Å². The minimum atomic E-state index is -3.18. The minimum absolute atomic E-state index is 0.122. The maximum absolute atomic E-state index is 12.0. The van der Waals surface area contributed by atoms with Gasteiger partial charge in [-0.2, -0.15) is 4.31 Å². The van der Waals surface area contributed by atoms with Crippen molar-refractivity contribution < 1.29 is 8.42 Å². The van der Waals surface area contributed by atoms with Crippen LogP contribution < -0.4 is 0 Å². The lowest BCUT2D eigenvalue weighted by Gasteiger charge is -2.20. The molecule has 0 aliphatic rings. The van der Waals surface area contributed by atoms with Crippen molar-refractivity contribution in [3.63, 3.8) is 0 Å². The van der Waals surface area contributed by atoms with E-state index >= 15 is 0 Å². The van der Waals surface area contributed by atoms with E-state index in [0.717, 1.165) is 5.56 Å². The Kier molecular flexibility index (Phi) is 5.95. The number of halogens is 1. The molecule has 3 nitrogen and oxygen atoms in total. The number of benzene rings is 1. The highest BCUT2D eigenvalue weighted by Crippen LogP contribution is 2.10. The summed E-state index contributed by atoms with van der Waals surface area (Å²) in [6.07, 6.45) is 0.495. The van der Waals surface area contributed by atoms with E-state index in [0.29, 0.717) is 25.4 Å². The second-order valence-electron chi connectivity index (χ2n) is 3.77. The molecule has 0 spiro atoms. The van der Waals surface area contributed by atoms with Crippen LogP contribution in [0.2, 0.25) is 0 Å². The van der Waals surface area contributed by atoms with Gasteiger partial charge in [0.15, 0.2) is 0 Å². The summed E-state index contributed by atoms with van der Waals surface area (Å²) >= 11 is 5.53. The van der Waals surface area contributed by atoms with E-state index in [-0.39, 0.29) is 5.75 Å². The Balaban J connectivity index is 2.72. The molecular formula is C12H18ClNO2S. The van der Waals surface area contributed by atoms with E-state index < -0.39 is 10.0 Å². The van der Waals surface area contributed by atoms with Gasteiger partial charge in [0.2, 0.25) is 10.0 Å². The Labute approximate surface area is 108 Å². The van der Waals surface area contributed by atoms with Crippen LogP contribution in [-0.2, 0) is 16.6 Å². The molecule has 0 radical (unpaired) electrons. The van der Waals surface area contributed by atoms with Crippen LogP contribution in [0.4, 0.5) is 0 Å². The summed E-state index contributed by atoms with van der Waals surface area (Å²) in [5, 5.41) is 0. The van der Waals surface area contributed by atoms with E-state index in [2.05, 4.69) is 0 Å². The lowest BCUT2D eigenvalue weighted by molar-refractivity contribution is 0.423. The molecule has 1 aromatic rings. The molecule has 0 atom stereocenters. The molecule has 0 saturated heterocycles. The molecule has 0 heterocycles. The Bertz CT molecular complexity index is 419. The summed E-state index contributed by atoms with van der Waals surface area (Å²) in [7, 11) is -3.18. The molecule has 0 aromatic heterocycles. The molecule has 1 aromatic carbocycles. The predicted octanol–water partition coefficient (Wildman–Crippen LogP) is 2.47. The first-order valence-corrected chi connectivity index (χ1v) is 7.82. The largest absolute Gasteiger partial charge is 0.214 e.